The lowest BCUT2D eigenvalue weighted by Crippen LogP contribution is -2.23. The summed E-state index contributed by atoms with van der Waals surface area (Å²) >= 11 is 6.01. The van der Waals surface area contributed by atoms with Crippen LogP contribution in [-0.2, 0) is 4.79 Å². The molecule has 0 radical (unpaired) electrons. The van der Waals surface area contributed by atoms with Crippen molar-refractivity contribution >= 4 is 23.2 Å². The Morgan fingerprint density at radius 2 is 2.00 bits per heavy atom. The molecule has 4 heteroatoms. The number of aromatic nitrogens is 1. The van der Waals surface area contributed by atoms with Crippen LogP contribution >= 0.6 is 11.6 Å². The summed E-state index contributed by atoms with van der Waals surface area (Å²) in [5.74, 6) is 0.118. The summed E-state index contributed by atoms with van der Waals surface area (Å²) in [6.45, 7) is 6.11. The second kappa shape index (κ2) is 7.37. The fourth-order valence-electron chi connectivity index (χ4n) is 2.00. The summed E-state index contributed by atoms with van der Waals surface area (Å²) in [7, 11) is 0. The van der Waals surface area contributed by atoms with Crippen molar-refractivity contribution in [2.45, 2.75) is 46.5 Å². The van der Waals surface area contributed by atoms with Crippen LogP contribution in [-0.4, -0.2) is 10.9 Å². The second-order valence-electron chi connectivity index (χ2n) is 4.56. The van der Waals surface area contributed by atoms with Gasteiger partial charge >= 0.3 is 0 Å². The van der Waals surface area contributed by atoms with Gasteiger partial charge in [0.15, 0.2) is 5.15 Å². The molecule has 1 N–H and O–H groups in total. The van der Waals surface area contributed by atoms with E-state index >= 15 is 0 Å². The molecule has 0 aromatic carbocycles. The average molecular weight is 269 g/mol. The molecule has 100 valence electrons. The van der Waals surface area contributed by atoms with Gasteiger partial charge in [-0.1, -0.05) is 38.3 Å². The van der Waals surface area contributed by atoms with Crippen molar-refractivity contribution in [1.82, 2.24) is 4.98 Å². The lowest BCUT2D eigenvalue weighted by molar-refractivity contribution is -0.120. The Balaban J connectivity index is 2.79. The highest BCUT2D eigenvalue weighted by atomic mass is 35.5. The van der Waals surface area contributed by atoms with Crippen molar-refractivity contribution in [3.8, 4) is 0 Å². The van der Waals surface area contributed by atoms with Gasteiger partial charge in [-0.05, 0) is 31.4 Å². The summed E-state index contributed by atoms with van der Waals surface area (Å²) in [5.41, 5.74) is 1.58. The maximum atomic E-state index is 12.2. The summed E-state index contributed by atoms with van der Waals surface area (Å²) < 4.78 is 0. The smallest absolute Gasteiger partial charge is 0.227 e. The molecule has 1 aromatic rings. The molecular formula is C14H21ClN2O. The van der Waals surface area contributed by atoms with Gasteiger partial charge in [0.05, 0.1) is 5.69 Å². The number of amides is 1. The molecular weight excluding hydrogens is 248 g/mol. The number of carbonyl (C=O) groups is 1. The highest BCUT2D eigenvalue weighted by Crippen LogP contribution is 2.24. The van der Waals surface area contributed by atoms with E-state index in [1.165, 1.54) is 0 Å². The molecule has 0 aliphatic carbocycles. The number of carbonyl (C=O) groups excluding carboxylic acids is 1. The van der Waals surface area contributed by atoms with Crippen LogP contribution in [0.2, 0.25) is 5.15 Å². The van der Waals surface area contributed by atoms with Crippen molar-refractivity contribution < 1.29 is 4.79 Å². The number of aryl methyl sites for hydroxylation is 1. The fraction of sp³-hybridized carbons (Fsp3) is 0.571. The lowest BCUT2D eigenvalue weighted by Gasteiger charge is -2.16. The molecule has 1 rings (SSSR count). The van der Waals surface area contributed by atoms with E-state index in [9.17, 15) is 4.79 Å². The van der Waals surface area contributed by atoms with E-state index in [0.29, 0.717) is 10.8 Å². The van der Waals surface area contributed by atoms with E-state index < -0.39 is 0 Å². The Bertz CT molecular complexity index is 381. The SMILES string of the molecule is CCCC(CCC)C(=O)Nc1c(C)ccnc1Cl. The Kier molecular flexibility index (Phi) is 6.13. The molecule has 0 aliphatic rings. The average Bonchev–Trinajstić information content (AvgIpc) is 2.33. The third kappa shape index (κ3) is 3.98. The van der Waals surface area contributed by atoms with E-state index in [0.717, 1.165) is 31.2 Å². The Morgan fingerprint density at radius 3 is 2.50 bits per heavy atom. The Morgan fingerprint density at radius 1 is 1.39 bits per heavy atom. The molecule has 0 unspecified atom stereocenters. The standard InChI is InChI=1S/C14H21ClN2O/c1-4-6-11(7-5-2)14(18)17-12-10(3)8-9-16-13(12)15/h8-9,11H,4-7H2,1-3H3,(H,17,18). The van der Waals surface area contributed by atoms with Gasteiger partial charge in [-0.15, -0.1) is 0 Å². The van der Waals surface area contributed by atoms with E-state index in [4.69, 9.17) is 11.6 Å². The van der Waals surface area contributed by atoms with Gasteiger partial charge in [-0.2, -0.15) is 0 Å². The van der Waals surface area contributed by atoms with Crippen molar-refractivity contribution in [3.05, 3.63) is 23.0 Å². The maximum absolute atomic E-state index is 12.2. The van der Waals surface area contributed by atoms with Crippen molar-refractivity contribution in [1.29, 1.82) is 0 Å². The zero-order chi connectivity index (χ0) is 13.5. The first-order valence-corrected chi connectivity index (χ1v) is 6.89. The van der Waals surface area contributed by atoms with Crippen LogP contribution in [0.4, 0.5) is 5.69 Å². The number of hydrogen-bond donors (Lipinski definition) is 1. The molecule has 0 bridgehead atoms. The predicted molar refractivity (Wildman–Crippen MR) is 75.9 cm³/mol. The van der Waals surface area contributed by atoms with Gasteiger partial charge in [0, 0.05) is 12.1 Å². The van der Waals surface area contributed by atoms with Crippen LogP contribution in [0.1, 0.15) is 45.1 Å². The molecule has 0 spiro atoms. The Labute approximate surface area is 114 Å². The molecule has 0 atom stereocenters. The monoisotopic (exact) mass is 268 g/mol. The van der Waals surface area contributed by atoms with Gasteiger partial charge in [0.2, 0.25) is 5.91 Å². The third-order valence-electron chi connectivity index (χ3n) is 3.01. The van der Waals surface area contributed by atoms with Crippen molar-refractivity contribution in [2.75, 3.05) is 5.32 Å². The van der Waals surface area contributed by atoms with Crippen LogP contribution in [0.25, 0.3) is 0 Å². The van der Waals surface area contributed by atoms with E-state index in [2.05, 4.69) is 24.1 Å². The largest absolute Gasteiger partial charge is 0.323 e. The summed E-state index contributed by atoms with van der Waals surface area (Å²) in [6.07, 6.45) is 5.49. The van der Waals surface area contributed by atoms with Gasteiger partial charge in [0.25, 0.3) is 0 Å². The number of hydrogen-bond acceptors (Lipinski definition) is 2. The minimum absolute atomic E-state index is 0.0525. The highest BCUT2D eigenvalue weighted by molar-refractivity contribution is 6.32. The summed E-state index contributed by atoms with van der Waals surface area (Å²) in [4.78, 5) is 16.2. The zero-order valence-corrected chi connectivity index (χ0v) is 12.0. The number of halogens is 1. The molecule has 0 saturated carbocycles. The van der Waals surface area contributed by atoms with E-state index in [1.54, 1.807) is 6.20 Å². The summed E-state index contributed by atoms with van der Waals surface area (Å²) in [5, 5.41) is 3.27. The minimum atomic E-state index is 0.0525. The molecule has 0 fully saturated rings. The number of nitrogens with zero attached hydrogens (tertiary/aromatic N) is 1. The Hall–Kier alpha value is -1.09. The van der Waals surface area contributed by atoms with E-state index in [1.807, 2.05) is 13.0 Å². The fourth-order valence-corrected chi connectivity index (χ4v) is 2.26. The summed E-state index contributed by atoms with van der Waals surface area (Å²) in [6, 6.07) is 1.84. The van der Waals surface area contributed by atoms with Crippen molar-refractivity contribution in [3.63, 3.8) is 0 Å². The van der Waals surface area contributed by atoms with Gasteiger partial charge < -0.3 is 5.32 Å². The number of anilines is 1. The third-order valence-corrected chi connectivity index (χ3v) is 3.29. The number of pyridine rings is 1. The molecule has 18 heavy (non-hydrogen) atoms. The second-order valence-corrected chi connectivity index (χ2v) is 4.92. The molecule has 1 heterocycles. The first kappa shape index (κ1) is 15.0. The first-order valence-electron chi connectivity index (χ1n) is 6.52. The lowest BCUT2D eigenvalue weighted by atomic mass is 9.97. The van der Waals surface area contributed by atoms with Gasteiger partial charge in [-0.25, -0.2) is 4.98 Å². The predicted octanol–water partition coefficient (Wildman–Crippen LogP) is 4.20. The van der Waals surface area contributed by atoms with Crippen LogP contribution < -0.4 is 5.32 Å². The normalized spacial score (nSPS) is 10.7. The van der Waals surface area contributed by atoms with Gasteiger partial charge in [0.1, 0.15) is 0 Å². The number of rotatable bonds is 6. The first-order chi connectivity index (χ1) is 8.60. The van der Waals surface area contributed by atoms with E-state index in [-0.39, 0.29) is 11.8 Å². The van der Waals surface area contributed by atoms with Crippen molar-refractivity contribution in [2.24, 2.45) is 5.92 Å². The quantitative estimate of drug-likeness (QED) is 0.786. The van der Waals surface area contributed by atoms with Gasteiger partial charge in [-0.3, -0.25) is 4.79 Å². The molecule has 3 nitrogen and oxygen atoms in total. The van der Waals surface area contributed by atoms with Crippen LogP contribution in [0, 0.1) is 12.8 Å². The minimum Gasteiger partial charge on any atom is -0.323 e. The molecule has 0 saturated heterocycles. The molecule has 1 aromatic heterocycles. The number of nitrogens with one attached hydrogen (secondary N) is 1. The molecule has 0 aliphatic heterocycles. The van der Waals surface area contributed by atoms with Crippen LogP contribution in [0.3, 0.4) is 0 Å². The topological polar surface area (TPSA) is 42.0 Å². The highest BCUT2D eigenvalue weighted by Gasteiger charge is 2.18. The zero-order valence-electron chi connectivity index (χ0n) is 11.3. The van der Waals surface area contributed by atoms with Crippen LogP contribution in [0.5, 0.6) is 0 Å². The van der Waals surface area contributed by atoms with Crippen LogP contribution in [0.15, 0.2) is 12.3 Å². The molecule has 1 amide bonds. The maximum Gasteiger partial charge on any atom is 0.227 e.